The van der Waals surface area contributed by atoms with Crippen molar-refractivity contribution in [2.45, 2.75) is 57.5 Å². The molecule has 0 spiro atoms. The summed E-state index contributed by atoms with van der Waals surface area (Å²) in [6.45, 7) is 2.76. The molecule has 140 valence electrons. The van der Waals surface area contributed by atoms with Crippen LogP contribution in [0.1, 0.15) is 44.9 Å². The van der Waals surface area contributed by atoms with Crippen LogP contribution in [0.5, 0.6) is 0 Å². The second-order valence-corrected chi connectivity index (χ2v) is 6.88. The summed E-state index contributed by atoms with van der Waals surface area (Å²) in [5, 5.41) is 3.92. The molecule has 0 bridgehead atoms. The molecule has 1 aromatic carbocycles. The largest absolute Gasteiger partial charge is 0.339 e. The molecule has 2 atom stereocenters. The van der Waals surface area contributed by atoms with Crippen LogP contribution < -0.4 is 5.73 Å². The van der Waals surface area contributed by atoms with Crippen molar-refractivity contribution in [2.24, 2.45) is 5.73 Å². The topological polar surface area (TPSA) is 85.2 Å². The zero-order valence-corrected chi connectivity index (χ0v) is 15.0. The Balaban J connectivity index is 1.52. The Kier molecular flexibility index (Phi) is 5.98. The van der Waals surface area contributed by atoms with E-state index in [0.29, 0.717) is 36.5 Å². The van der Waals surface area contributed by atoms with Crippen LogP contribution in [0, 0.1) is 5.82 Å². The van der Waals surface area contributed by atoms with Crippen LogP contribution in [0.2, 0.25) is 0 Å². The van der Waals surface area contributed by atoms with Gasteiger partial charge in [-0.1, -0.05) is 5.16 Å². The second kappa shape index (κ2) is 8.40. The highest BCUT2D eigenvalue weighted by Gasteiger charge is 2.28. The van der Waals surface area contributed by atoms with E-state index in [1.807, 2.05) is 11.8 Å². The number of benzene rings is 1. The lowest BCUT2D eigenvalue weighted by Gasteiger charge is -2.38. The Morgan fingerprint density at radius 1 is 1.38 bits per heavy atom. The van der Waals surface area contributed by atoms with Gasteiger partial charge in [0, 0.05) is 37.0 Å². The zero-order chi connectivity index (χ0) is 18.5. The van der Waals surface area contributed by atoms with Gasteiger partial charge in [0.1, 0.15) is 5.82 Å². The number of piperidine rings is 1. The average molecular weight is 360 g/mol. The number of aromatic nitrogens is 2. The molecule has 6 nitrogen and oxygen atoms in total. The standard InChI is InChI=1S/C19H25FN4O2/c1-13(21)16-5-2-3-12-24(16)18(25)7-4-6-17-22-19(23-26-17)14-8-10-15(20)11-9-14/h8-11,13,16H,2-7,12,21H2,1H3. The Morgan fingerprint density at radius 3 is 2.88 bits per heavy atom. The van der Waals surface area contributed by atoms with Gasteiger partial charge in [0.25, 0.3) is 0 Å². The van der Waals surface area contributed by atoms with Crippen LogP contribution in [-0.2, 0) is 11.2 Å². The molecule has 7 heteroatoms. The molecule has 0 aliphatic carbocycles. The lowest BCUT2D eigenvalue weighted by Crippen LogP contribution is -2.51. The van der Waals surface area contributed by atoms with Gasteiger partial charge < -0.3 is 15.2 Å². The summed E-state index contributed by atoms with van der Waals surface area (Å²) in [5.41, 5.74) is 6.73. The first-order chi connectivity index (χ1) is 12.5. The van der Waals surface area contributed by atoms with Crippen molar-refractivity contribution in [1.82, 2.24) is 15.0 Å². The van der Waals surface area contributed by atoms with Gasteiger partial charge in [-0.3, -0.25) is 4.79 Å². The number of carbonyl (C=O) groups excluding carboxylic acids is 1. The van der Waals surface area contributed by atoms with E-state index in [-0.39, 0.29) is 23.8 Å². The molecular weight excluding hydrogens is 335 g/mol. The highest BCUT2D eigenvalue weighted by molar-refractivity contribution is 5.76. The third kappa shape index (κ3) is 4.46. The fourth-order valence-electron chi connectivity index (χ4n) is 3.42. The van der Waals surface area contributed by atoms with Crippen molar-refractivity contribution in [3.05, 3.63) is 36.0 Å². The molecule has 1 fully saturated rings. The summed E-state index contributed by atoms with van der Waals surface area (Å²) in [4.78, 5) is 18.8. The number of carbonyl (C=O) groups is 1. The predicted molar refractivity (Wildman–Crippen MR) is 95.6 cm³/mol. The van der Waals surface area contributed by atoms with Crippen molar-refractivity contribution in [2.75, 3.05) is 6.54 Å². The summed E-state index contributed by atoms with van der Waals surface area (Å²) >= 11 is 0. The summed E-state index contributed by atoms with van der Waals surface area (Å²) < 4.78 is 18.2. The van der Waals surface area contributed by atoms with E-state index in [9.17, 15) is 9.18 Å². The van der Waals surface area contributed by atoms with Gasteiger partial charge in [-0.15, -0.1) is 0 Å². The maximum atomic E-state index is 13.0. The molecule has 1 saturated heterocycles. The van der Waals surface area contributed by atoms with Crippen molar-refractivity contribution in [3.8, 4) is 11.4 Å². The van der Waals surface area contributed by atoms with Crippen molar-refractivity contribution < 1.29 is 13.7 Å². The molecule has 3 rings (SSSR count). The SMILES string of the molecule is CC(N)C1CCCCN1C(=O)CCCc1nc(-c2ccc(F)cc2)no1. The lowest BCUT2D eigenvalue weighted by atomic mass is 9.96. The van der Waals surface area contributed by atoms with Crippen LogP contribution in [-0.4, -0.2) is 39.6 Å². The normalized spacial score (nSPS) is 18.7. The molecule has 1 aliphatic heterocycles. The van der Waals surface area contributed by atoms with Gasteiger partial charge in [-0.2, -0.15) is 4.98 Å². The number of nitrogens with two attached hydrogens (primary N) is 1. The molecule has 2 unspecified atom stereocenters. The first kappa shape index (κ1) is 18.5. The maximum Gasteiger partial charge on any atom is 0.226 e. The van der Waals surface area contributed by atoms with E-state index in [1.165, 1.54) is 12.1 Å². The fraction of sp³-hybridized carbons (Fsp3) is 0.526. The van der Waals surface area contributed by atoms with Gasteiger partial charge >= 0.3 is 0 Å². The highest BCUT2D eigenvalue weighted by Crippen LogP contribution is 2.21. The number of hydrogen-bond acceptors (Lipinski definition) is 5. The second-order valence-electron chi connectivity index (χ2n) is 6.88. The summed E-state index contributed by atoms with van der Waals surface area (Å²) in [6.07, 6.45) is 4.78. The number of hydrogen-bond donors (Lipinski definition) is 1. The molecule has 1 aromatic heterocycles. The molecule has 2 aromatic rings. The van der Waals surface area contributed by atoms with Gasteiger partial charge in [-0.25, -0.2) is 4.39 Å². The number of halogens is 1. The Hall–Kier alpha value is -2.28. The van der Waals surface area contributed by atoms with Crippen LogP contribution in [0.3, 0.4) is 0 Å². The monoisotopic (exact) mass is 360 g/mol. The molecule has 0 radical (unpaired) electrons. The minimum Gasteiger partial charge on any atom is -0.339 e. The number of rotatable bonds is 6. The summed E-state index contributed by atoms with van der Waals surface area (Å²) in [7, 11) is 0. The van der Waals surface area contributed by atoms with Gasteiger partial charge in [0.2, 0.25) is 17.6 Å². The molecule has 26 heavy (non-hydrogen) atoms. The van der Waals surface area contributed by atoms with E-state index in [4.69, 9.17) is 10.3 Å². The molecular formula is C19H25FN4O2. The third-order valence-electron chi connectivity index (χ3n) is 4.83. The van der Waals surface area contributed by atoms with Gasteiger partial charge in [0.15, 0.2) is 0 Å². The fourth-order valence-corrected chi connectivity index (χ4v) is 3.42. The first-order valence-electron chi connectivity index (χ1n) is 9.18. The van der Waals surface area contributed by atoms with Crippen LogP contribution in [0.4, 0.5) is 4.39 Å². The minimum absolute atomic E-state index is 0.00606. The zero-order valence-electron chi connectivity index (χ0n) is 15.0. The summed E-state index contributed by atoms with van der Waals surface area (Å²) in [5.74, 6) is 0.753. The molecule has 2 heterocycles. The number of nitrogens with zero attached hydrogens (tertiary/aromatic N) is 3. The van der Waals surface area contributed by atoms with Crippen molar-refractivity contribution in [3.63, 3.8) is 0 Å². The van der Waals surface area contributed by atoms with E-state index in [0.717, 1.165) is 25.8 Å². The van der Waals surface area contributed by atoms with E-state index < -0.39 is 0 Å². The summed E-state index contributed by atoms with van der Waals surface area (Å²) in [6, 6.07) is 6.07. The molecule has 2 N–H and O–H groups in total. The number of amides is 1. The van der Waals surface area contributed by atoms with E-state index >= 15 is 0 Å². The van der Waals surface area contributed by atoms with Crippen LogP contribution in [0.15, 0.2) is 28.8 Å². The molecule has 0 saturated carbocycles. The van der Waals surface area contributed by atoms with Crippen LogP contribution in [0.25, 0.3) is 11.4 Å². The minimum atomic E-state index is -0.307. The van der Waals surface area contributed by atoms with E-state index in [1.54, 1.807) is 12.1 Å². The highest BCUT2D eigenvalue weighted by atomic mass is 19.1. The van der Waals surface area contributed by atoms with E-state index in [2.05, 4.69) is 10.1 Å². The first-order valence-corrected chi connectivity index (χ1v) is 9.18. The smallest absolute Gasteiger partial charge is 0.226 e. The van der Waals surface area contributed by atoms with Gasteiger partial charge in [-0.05, 0) is 56.9 Å². The maximum absolute atomic E-state index is 13.0. The average Bonchev–Trinajstić information content (AvgIpc) is 3.11. The number of likely N-dealkylation sites (tertiary alicyclic amines) is 1. The van der Waals surface area contributed by atoms with Crippen molar-refractivity contribution in [1.29, 1.82) is 0 Å². The molecule has 1 aliphatic rings. The number of aryl methyl sites for hydroxylation is 1. The lowest BCUT2D eigenvalue weighted by molar-refractivity contribution is -0.135. The quantitative estimate of drug-likeness (QED) is 0.856. The molecule has 1 amide bonds. The van der Waals surface area contributed by atoms with Crippen LogP contribution >= 0.6 is 0 Å². The van der Waals surface area contributed by atoms with Gasteiger partial charge in [0.05, 0.1) is 0 Å². The third-order valence-corrected chi connectivity index (χ3v) is 4.83. The van der Waals surface area contributed by atoms with Crippen molar-refractivity contribution >= 4 is 5.91 Å². The predicted octanol–water partition coefficient (Wildman–Crippen LogP) is 2.93. The Bertz CT molecular complexity index is 729. The Morgan fingerprint density at radius 2 is 2.15 bits per heavy atom. The Labute approximate surface area is 152 Å².